The molecule has 2 aromatic rings. The lowest BCUT2D eigenvalue weighted by Crippen LogP contribution is -2.33. The lowest BCUT2D eigenvalue weighted by atomic mass is 10.0. The average molecular weight is 353 g/mol. The fraction of sp³-hybridized carbons (Fsp3) is 0.500. The third-order valence-electron chi connectivity index (χ3n) is 5.12. The number of benzene rings is 1. The van der Waals surface area contributed by atoms with E-state index in [4.69, 9.17) is 14.7 Å². The number of ether oxygens (including phenoxy) is 1. The number of rotatable bonds is 4. The molecule has 0 unspecified atom stereocenters. The molecule has 26 heavy (non-hydrogen) atoms. The average Bonchev–Trinajstić information content (AvgIpc) is 2.97. The summed E-state index contributed by atoms with van der Waals surface area (Å²) in [6, 6.07) is 10.7. The lowest BCUT2D eigenvalue weighted by Gasteiger charge is -2.30. The predicted molar refractivity (Wildman–Crippen MR) is 104 cm³/mol. The van der Waals surface area contributed by atoms with Gasteiger partial charge in [-0.15, -0.1) is 0 Å². The van der Waals surface area contributed by atoms with Crippen LogP contribution in [0.25, 0.3) is 0 Å². The summed E-state index contributed by atoms with van der Waals surface area (Å²) < 4.78 is 5.35. The Morgan fingerprint density at radius 3 is 2.81 bits per heavy atom. The first-order chi connectivity index (χ1) is 12.8. The highest BCUT2D eigenvalue weighted by atomic mass is 16.5. The third kappa shape index (κ3) is 3.81. The summed E-state index contributed by atoms with van der Waals surface area (Å²) in [6.07, 6.45) is 2.17. The molecule has 1 fully saturated rings. The van der Waals surface area contributed by atoms with Crippen molar-refractivity contribution < 1.29 is 4.74 Å². The van der Waals surface area contributed by atoms with E-state index in [1.165, 1.54) is 11.1 Å². The van der Waals surface area contributed by atoms with Crippen LogP contribution in [-0.4, -0.2) is 49.8 Å². The number of nitrogens with zero attached hydrogens (tertiary/aromatic N) is 4. The van der Waals surface area contributed by atoms with Gasteiger partial charge in [0.05, 0.1) is 12.3 Å². The van der Waals surface area contributed by atoms with Crippen molar-refractivity contribution in [2.45, 2.75) is 26.0 Å². The van der Waals surface area contributed by atoms with Crippen molar-refractivity contribution in [1.29, 1.82) is 0 Å². The van der Waals surface area contributed by atoms with Crippen LogP contribution < -0.4 is 15.1 Å². The first-order valence-corrected chi connectivity index (χ1v) is 9.48. The minimum atomic E-state index is 0.513. The van der Waals surface area contributed by atoms with Crippen LogP contribution in [0.5, 0.6) is 0 Å². The molecule has 2 aliphatic rings. The van der Waals surface area contributed by atoms with Crippen LogP contribution in [0.3, 0.4) is 0 Å². The monoisotopic (exact) mass is 353 g/mol. The summed E-state index contributed by atoms with van der Waals surface area (Å²) in [6.45, 7) is 6.41. The molecule has 6 heteroatoms. The SMILES string of the molecule is COCc1cc(N2CCCNCC2)nc(N2CCc3ccccc3C2)n1. The van der Waals surface area contributed by atoms with E-state index in [0.717, 1.165) is 69.6 Å². The molecule has 0 atom stereocenters. The zero-order valence-electron chi connectivity index (χ0n) is 15.4. The molecule has 0 saturated carbocycles. The topological polar surface area (TPSA) is 53.5 Å². The van der Waals surface area contributed by atoms with Gasteiger partial charge in [-0.2, -0.15) is 4.98 Å². The molecular weight excluding hydrogens is 326 g/mol. The highest BCUT2D eigenvalue weighted by Crippen LogP contribution is 2.25. The number of fused-ring (bicyclic) bond motifs is 1. The molecule has 0 aliphatic carbocycles. The molecular formula is C20H27N5O. The van der Waals surface area contributed by atoms with Crippen molar-refractivity contribution in [1.82, 2.24) is 15.3 Å². The number of aromatic nitrogens is 2. The number of hydrogen-bond donors (Lipinski definition) is 1. The smallest absolute Gasteiger partial charge is 0.227 e. The fourth-order valence-corrected chi connectivity index (χ4v) is 3.74. The molecule has 0 bridgehead atoms. The highest BCUT2D eigenvalue weighted by molar-refractivity contribution is 5.48. The van der Waals surface area contributed by atoms with E-state index in [0.29, 0.717) is 6.61 Å². The normalized spacial score (nSPS) is 17.7. The molecule has 6 nitrogen and oxygen atoms in total. The summed E-state index contributed by atoms with van der Waals surface area (Å²) in [5.41, 5.74) is 3.76. The molecule has 138 valence electrons. The maximum absolute atomic E-state index is 5.35. The Morgan fingerprint density at radius 1 is 1.04 bits per heavy atom. The van der Waals surface area contributed by atoms with Crippen LogP contribution in [-0.2, 0) is 24.3 Å². The van der Waals surface area contributed by atoms with Crippen molar-refractivity contribution in [2.24, 2.45) is 0 Å². The van der Waals surface area contributed by atoms with Gasteiger partial charge in [-0.3, -0.25) is 0 Å². The standard InChI is InChI=1S/C20H27N5O/c1-26-15-18-13-19(24-10-4-8-21-9-12-24)23-20(22-18)25-11-7-16-5-2-3-6-17(16)14-25/h2-3,5-6,13,21H,4,7-12,14-15H2,1H3. The predicted octanol–water partition coefficient (Wildman–Crippen LogP) is 1.99. The first kappa shape index (κ1) is 17.2. The number of anilines is 2. The van der Waals surface area contributed by atoms with E-state index in [-0.39, 0.29) is 0 Å². The molecule has 1 aromatic carbocycles. The highest BCUT2D eigenvalue weighted by Gasteiger charge is 2.21. The Labute approximate surface area is 155 Å². The van der Waals surface area contributed by atoms with Gasteiger partial charge in [0.2, 0.25) is 5.95 Å². The van der Waals surface area contributed by atoms with Crippen LogP contribution in [0.4, 0.5) is 11.8 Å². The minimum Gasteiger partial charge on any atom is -0.378 e. The van der Waals surface area contributed by atoms with Crippen LogP contribution in [0, 0.1) is 0 Å². The van der Waals surface area contributed by atoms with Crippen LogP contribution in [0.1, 0.15) is 23.2 Å². The van der Waals surface area contributed by atoms with Crippen molar-refractivity contribution in [3.05, 3.63) is 47.2 Å². The van der Waals surface area contributed by atoms with E-state index in [9.17, 15) is 0 Å². The summed E-state index contributed by atoms with van der Waals surface area (Å²) in [4.78, 5) is 14.4. The van der Waals surface area contributed by atoms with Gasteiger partial charge in [0.1, 0.15) is 5.82 Å². The second-order valence-electron chi connectivity index (χ2n) is 6.98. The molecule has 0 radical (unpaired) electrons. The van der Waals surface area contributed by atoms with E-state index >= 15 is 0 Å². The maximum Gasteiger partial charge on any atom is 0.227 e. The van der Waals surface area contributed by atoms with Gasteiger partial charge < -0.3 is 19.9 Å². The van der Waals surface area contributed by atoms with Crippen LogP contribution >= 0.6 is 0 Å². The Bertz CT molecular complexity index is 743. The maximum atomic E-state index is 5.35. The lowest BCUT2D eigenvalue weighted by molar-refractivity contribution is 0.181. The van der Waals surface area contributed by atoms with Gasteiger partial charge in [-0.25, -0.2) is 4.98 Å². The first-order valence-electron chi connectivity index (χ1n) is 9.48. The van der Waals surface area contributed by atoms with Crippen molar-refractivity contribution in [3.8, 4) is 0 Å². The van der Waals surface area contributed by atoms with Crippen LogP contribution in [0.2, 0.25) is 0 Å². The zero-order valence-corrected chi connectivity index (χ0v) is 15.4. The minimum absolute atomic E-state index is 0.513. The number of nitrogens with one attached hydrogen (secondary N) is 1. The quantitative estimate of drug-likeness (QED) is 0.907. The molecule has 0 spiro atoms. The second-order valence-corrected chi connectivity index (χ2v) is 6.98. The molecule has 0 amide bonds. The molecule has 1 aromatic heterocycles. The third-order valence-corrected chi connectivity index (χ3v) is 5.12. The van der Waals surface area contributed by atoms with Gasteiger partial charge in [0.25, 0.3) is 0 Å². The Kier molecular flexibility index (Phi) is 5.32. The van der Waals surface area contributed by atoms with Crippen molar-refractivity contribution in [3.63, 3.8) is 0 Å². The number of hydrogen-bond acceptors (Lipinski definition) is 6. The zero-order chi connectivity index (χ0) is 17.8. The van der Waals surface area contributed by atoms with E-state index in [1.54, 1.807) is 7.11 Å². The molecule has 3 heterocycles. The molecule has 4 rings (SSSR count). The van der Waals surface area contributed by atoms with E-state index < -0.39 is 0 Å². The van der Waals surface area contributed by atoms with Crippen LogP contribution in [0.15, 0.2) is 30.3 Å². The molecule has 1 N–H and O–H groups in total. The van der Waals surface area contributed by atoms with Crippen molar-refractivity contribution >= 4 is 11.8 Å². The van der Waals surface area contributed by atoms with Gasteiger partial charge in [-0.05, 0) is 30.5 Å². The number of methoxy groups -OCH3 is 1. The largest absolute Gasteiger partial charge is 0.378 e. The van der Waals surface area contributed by atoms with Gasteiger partial charge in [0, 0.05) is 45.9 Å². The molecule has 1 saturated heterocycles. The summed E-state index contributed by atoms with van der Waals surface area (Å²) in [5, 5.41) is 3.46. The Balaban J connectivity index is 1.62. The molecule has 2 aliphatic heterocycles. The summed E-state index contributed by atoms with van der Waals surface area (Å²) in [5.74, 6) is 1.84. The Morgan fingerprint density at radius 2 is 1.92 bits per heavy atom. The van der Waals surface area contributed by atoms with Gasteiger partial charge >= 0.3 is 0 Å². The fourth-order valence-electron chi connectivity index (χ4n) is 3.74. The van der Waals surface area contributed by atoms with Gasteiger partial charge in [0.15, 0.2) is 0 Å². The van der Waals surface area contributed by atoms with E-state index in [2.05, 4.69) is 45.4 Å². The van der Waals surface area contributed by atoms with E-state index in [1.807, 2.05) is 0 Å². The summed E-state index contributed by atoms with van der Waals surface area (Å²) in [7, 11) is 1.72. The summed E-state index contributed by atoms with van der Waals surface area (Å²) >= 11 is 0. The Hall–Kier alpha value is -2.18. The second kappa shape index (κ2) is 8.01. The van der Waals surface area contributed by atoms with Crippen molar-refractivity contribution in [2.75, 3.05) is 49.6 Å². The van der Waals surface area contributed by atoms with Gasteiger partial charge in [-0.1, -0.05) is 24.3 Å².